The van der Waals surface area contributed by atoms with E-state index in [1.54, 1.807) is 6.20 Å². The summed E-state index contributed by atoms with van der Waals surface area (Å²) in [6, 6.07) is 6.40. The summed E-state index contributed by atoms with van der Waals surface area (Å²) >= 11 is 0. The minimum Gasteiger partial charge on any atom is -0.364 e. The van der Waals surface area contributed by atoms with Gasteiger partial charge in [0.05, 0.1) is 29.3 Å². The minimum absolute atomic E-state index is 0.0896. The Labute approximate surface area is 115 Å². The average Bonchev–Trinajstić information content (AvgIpc) is 2.46. The highest BCUT2D eigenvalue weighted by Crippen LogP contribution is 2.20. The molecule has 0 saturated carbocycles. The molecule has 20 heavy (non-hydrogen) atoms. The van der Waals surface area contributed by atoms with Gasteiger partial charge in [-0.2, -0.15) is 0 Å². The fourth-order valence-corrected chi connectivity index (χ4v) is 1.66. The number of rotatable bonds is 5. The van der Waals surface area contributed by atoms with E-state index < -0.39 is 4.92 Å². The number of nitrogen functional groups attached to an aromatic ring is 1. The summed E-state index contributed by atoms with van der Waals surface area (Å²) in [7, 11) is 0. The molecule has 104 valence electrons. The highest BCUT2D eigenvalue weighted by molar-refractivity contribution is 5.54. The first-order valence-electron chi connectivity index (χ1n) is 5.87. The quantitative estimate of drug-likeness (QED) is 0.430. The molecule has 0 aromatic carbocycles. The minimum atomic E-state index is -0.500. The summed E-state index contributed by atoms with van der Waals surface area (Å²) in [5.41, 5.74) is 4.09. The normalized spacial score (nSPS) is 10.1. The fourth-order valence-electron chi connectivity index (χ4n) is 1.66. The second-order valence-electron chi connectivity index (χ2n) is 4.12. The van der Waals surface area contributed by atoms with Gasteiger partial charge in [-0.3, -0.25) is 15.1 Å². The van der Waals surface area contributed by atoms with E-state index in [0.717, 1.165) is 11.3 Å². The topological polar surface area (TPSA) is 119 Å². The van der Waals surface area contributed by atoms with Crippen molar-refractivity contribution in [2.75, 3.05) is 10.7 Å². The molecule has 0 aliphatic heterocycles. The van der Waals surface area contributed by atoms with Gasteiger partial charge in [0.15, 0.2) is 0 Å². The first-order valence-corrected chi connectivity index (χ1v) is 5.87. The number of nitro groups is 1. The van der Waals surface area contributed by atoms with Crippen LogP contribution in [0.3, 0.4) is 0 Å². The van der Waals surface area contributed by atoms with Crippen molar-refractivity contribution in [3.8, 4) is 0 Å². The second kappa shape index (κ2) is 5.93. The van der Waals surface area contributed by atoms with Crippen molar-refractivity contribution < 1.29 is 4.92 Å². The van der Waals surface area contributed by atoms with Gasteiger partial charge in [0, 0.05) is 6.20 Å². The summed E-state index contributed by atoms with van der Waals surface area (Å²) in [6.07, 6.45) is 1.69. The van der Waals surface area contributed by atoms with E-state index >= 15 is 0 Å². The van der Waals surface area contributed by atoms with Gasteiger partial charge < -0.3 is 10.7 Å². The van der Waals surface area contributed by atoms with Crippen molar-refractivity contribution in [1.29, 1.82) is 0 Å². The van der Waals surface area contributed by atoms with Crippen molar-refractivity contribution in [1.82, 2.24) is 9.97 Å². The zero-order chi connectivity index (χ0) is 14.5. The maximum Gasteiger partial charge on any atom is 0.276 e. The Morgan fingerprint density at radius 3 is 2.80 bits per heavy atom. The molecule has 0 saturated heterocycles. The maximum absolute atomic E-state index is 10.8. The van der Waals surface area contributed by atoms with Gasteiger partial charge in [0.2, 0.25) is 0 Å². The summed E-state index contributed by atoms with van der Waals surface area (Å²) in [5.74, 6) is 5.82. The van der Waals surface area contributed by atoms with E-state index in [9.17, 15) is 10.1 Å². The molecule has 0 radical (unpaired) electrons. The lowest BCUT2D eigenvalue weighted by Gasteiger charge is -2.08. The predicted molar refractivity (Wildman–Crippen MR) is 75.0 cm³/mol. The van der Waals surface area contributed by atoms with Gasteiger partial charge in [-0.25, -0.2) is 10.8 Å². The van der Waals surface area contributed by atoms with Crippen LogP contribution in [0.2, 0.25) is 0 Å². The first kappa shape index (κ1) is 13.7. The van der Waals surface area contributed by atoms with Crippen LogP contribution in [0.15, 0.2) is 30.5 Å². The lowest BCUT2D eigenvalue weighted by Crippen LogP contribution is -2.11. The van der Waals surface area contributed by atoms with Gasteiger partial charge in [-0.05, 0) is 18.6 Å². The molecule has 2 aromatic heterocycles. The van der Waals surface area contributed by atoms with E-state index in [1.165, 1.54) is 12.1 Å². The molecule has 0 spiro atoms. The number of pyridine rings is 2. The number of nitrogens with one attached hydrogen (secondary N) is 2. The molecular formula is C12H14N6O2. The molecule has 0 atom stereocenters. The lowest BCUT2D eigenvalue weighted by molar-refractivity contribution is -0.384. The Morgan fingerprint density at radius 2 is 2.15 bits per heavy atom. The molecule has 0 bridgehead atoms. The zero-order valence-electron chi connectivity index (χ0n) is 10.8. The molecule has 0 aliphatic carbocycles. The number of aryl methyl sites for hydroxylation is 1. The summed E-state index contributed by atoms with van der Waals surface area (Å²) < 4.78 is 0. The molecule has 8 nitrogen and oxygen atoms in total. The molecule has 0 amide bonds. The van der Waals surface area contributed by atoms with Crippen LogP contribution in [0.4, 0.5) is 17.3 Å². The highest BCUT2D eigenvalue weighted by atomic mass is 16.6. The van der Waals surface area contributed by atoms with Crippen LogP contribution < -0.4 is 16.6 Å². The smallest absolute Gasteiger partial charge is 0.276 e. The van der Waals surface area contributed by atoms with Crippen LogP contribution in [0.5, 0.6) is 0 Å². The molecule has 0 unspecified atom stereocenters. The molecule has 0 fully saturated rings. The fraction of sp³-hybridized carbons (Fsp3) is 0.167. The van der Waals surface area contributed by atoms with Crippen LogP contribution in [-0.4, -0.2) is 14.9 Å². The Balaban J connectivity index is 2.19. The third-order valence-electron chi connectivity index (χ3n) is 2.72. The van der Waals surface area contributed by atoms with Crippen LogP contribution in [-0.2, 0) is 6.54 Å². The molecule has 0 aliphatic rings. The second-order valence-corrected chi connectivity index (χ2v) is 4.12. The molecule has 2 aromatic rings. The first-order chi connectivity index (χ1) is 9.60. The van der Waals surface area contributed by atoms with Gasteiger partial charge in [-0.15, -0.1) is 0 Å². The Bertz CT molecular complexity index is 631. The summed E-state index contributed by atoms with van der Waals surface area (Å²) in [5, 5.41) is 13.8. The summed E-state index contributed by atoms with van der Waals surface area (Å²) in [6.45, 7) is 2.36. The van der Waals surface area contributed by atoms with Crippen molar-refractivity contribution in [2.24, 2.45) is 5.84 Å². The van der Waals surface area contributed by atoms with Crippen molar-refractivity contribution >= 4 is 17.3 Å². The van der Waals surface area contributed by atoms with Gasteiger partial charge in [0.25, 0.3) is 5.69 Å². The number of anilines is 2. The van der Waals surface area contributed by atoms with Gasteiger partial charge >= 0.3 is 0 Å². The molecule has 2 rings (SSSR count). The standard InChI is InChI=1S/C12H14N6O2/c1-8-3-2-4-14-10(8)7-15-11-5-9(18(19)20)6-12(16-11)17-13/h2-6H,7,13H2,1H3,(H2,15,16,17). The van der Waals surface area contributed by atoms with E-state index in [1.807, 2.05) is 19.1 Å². The Kier molecular flexibility index (Phi) is 4.06. The summed E-state index contributed by atoms with van der Waals surface area (Å²) in [4.78, 5) is 18.6. The van der Waals surface area contributed by atoms with Gasteiger partial charge in [-0.1, -0.05) is 6.07 Å². The number of hydrazine groups is 1. The number of hydrogen-bond acceptors (Lipinski definition) is 7. The average molecular weight is 274 g/mol. The SMILES string of the molecule is Cc1cccnc1CNc1cc([N+](=O)[O-])cc(NN)n1. The van der Waals surface area contributed by atoms with Crippen LogP contribution in [0.25, 0.3) is 0 Å². The number of hydrogen-bond donors (Lipinski definition) is 3. The van der Waals surface area contributed by atoms with Crippen LogP contribution in [0.1, 0.15) is 11.3 Å². The van der Waals surface area contributed by atoms with E-state index in [0.29, 0.717) is 12.4 Å². The molecule has 8 heteroatoms. The monoisotopic (exact) mass is 274 g/mol. The molecular weight excluding hydrogens is 260 g/mol. The van der Waals surface area contributed by atoms with Crippen LogP contribution >= 0.6 is 0 Å². The zero-order valence-corrected chi connectivity index (χ0v) is 10.8. The van der Waals surface area contributed by atoms with Crippen molar-refractivity contribution in [2.45, 2.75) is 13.5 Å². The van der Waals surface area contributed by atoms with E-state index in [4.69, 9.17) is 5.84 Å². The lowest BCUT2D eigenvalue weighted by atomic mass is 10.2. The molecule has 4 N–H and O–H groups in total. The Morgan fingerprint density at radius 1 is 1.40 bits per heavy atom. The predicted octanol–water partition coefficient (Wildman–Crippen LogP) is 1.59. The number of aromatic nitrogens is 2. The van der Waals surface area contributed by atoms with E-state index in [2.05, 4.69) is 20.7 Å². The van der Waals surface area contributed by atoms with Crippen molar-refractivity contribution in [3.05, 3.63) is 51.8 Å². The maximum atomic E-state index is 10.8. The van der Waals surface area contributed by atoms with E-state index in [-0.39, 0.29) is 11.5 Å². The van der Waals surface area contributed by atoms with Crippen LogP contribution in [0, 0.1) is 17.0 Å². The number of nitrogens with two attached hydrogens (primary N) is 1. The third-order valence-corrected chi connectivity index (χ3v) is 2.72. The Hall–Kier alpha value is -2.74. The molecule has 2 heterocycles. The number of nitrogens with zero attached hydrogens (tertiary/aromatic N) is 3. The highest BCUT2D eigenvalue weighted by Gasteiger charge is 2.11. The van der Waals surface area contributed by atoms with Gasteiger partial charge in [0.1, 0.15) is 11.6 Å². The van der Waals surface area contributed by atoms with Crippen molar-refractivity contribution in [3.63, 3.8) is 0 Å². The third kappa shape index (κ3) is 3.18. The largest absolute Gasteiger partial charge is 0.364 e.